The van der Waals surface area contributed by atoms with E-state index in [1.165, 1.54) is 0 Å². The van der Waals surface area contributed by atoms with Gasteiger partial charge in [-0.1, -0.05) is 12.1 Å². The van der Waals surface area contributed by atoms with Crippen LogP contribution >= 0.6 is 0 Å². The van der Waals surface area contributed by atoms with Gasteiger partial charge in [0.05, 0.1) is 4.90 Å². The molecule has 0 aliphatic rings. The predicted octanol–water partition coefficient (Wildman–Crippen LogP) is 2.71. The van der Waals surface area contributed by atoms with Gasteiger partial charge in [-0.05, 0) is 48.9 Å². The van der Waals surface area contributed by atoms with Crippen molar-refractivity contribution in [3.8, 4) is 0 Å². The molecule has 0 radical (unpaired) electrons. The van der Waals surface area contributed by atoms with Crippen LogP contribution in [0.1, 0.15) is 5.56 Å². The molecule has 0 heterocycles. The molecule has 0 saturated carbocycles. The quantitative estimate of drug-likeness (QED) is 0.818. The summed E-state index contributed by atoms with van der Waals surface area (Å²) in [4.78, 5) is 0.709. The van der Waals surface area contributed by atoms with Crippen molar-refractivity contribution in [3.05, 3.63) is 54.1 Å². The molecule has 0 aliphatic carbocycles. The summed E-state index contributed by atoms with van der Waals surface area (Å²) in [6.07, 6.45) is 0. The Balaban J connectivity index is 2.14. The van der Waals surface area contributed by atoms with Crippen molar-refractivity contribution < 1.29 is 4.21 Å². The summed E-state index contributed by atoms with van der Waals surface area (Å²) in [5, 5.41) is 0. The maximum Gasteiger partial charge on any atom is 0.150 e. The van der Waals surface area contributed by atoms with Crippen LogP contribution in [-0.2, 0) is 11.0 Å². The molecular formula is C13H14N2OS. The summed E-state index contributed by atoms with van der Waals surface area (Å²) in [5.74, 6) is 0. The second-order valence-corrected chi connectivity index (χ2v) is 5.02. The molecule has 17 heavy (non-hydrogen) atoms. The van der Waals surface area contributed by atoms with Crippen molar-refractivity contribution in [1.82, 2.24) is 0 Å². The molecule has 88 valence electrons. The van der Waals surface area contributed by atoms with Crippen LogP contribution in [0.5, 0.6) is 0 Å². The minimum atomic E-state index is -1.26. The minimum Gasteiger partial charge on any atom is -0.399 e. The van der Waals surface area contributed by atoms with E-state index < -0.39 is 11.0 Å². The van der Waals surface area contributed by atoms with Gasteiger partial charge in [0.1, 0.15) is 11.0 Å². The van der Waals surface area contributed by atoms with Crippen LogP contribution in [0.25, 0.3) is 0 Å². The lowest BCUT2D eigenvalue weighted by atomic mass is 10.2. The summed E-state index contributed by atoms with van der Waals surface area (Å²) in [6.45, 7) is 2.00. The van der Waals surface area contributed by atoms with Crippen molar-refractivity contribution in [2.45, 2.75) is 11.8 Å². The van der Waals surface area contributed by atoms with E-state index in [0.717, 1.165) is 11.3 Å². The van der Waals surface area contributed by atoms with Crippen molar-refractivity contribution in [2.75, 3.05) is 10.5 Å². The van der Waals surface area contributed by atoms with Crippen LogP contribution in [0.2, 0.25) is 0 Å². The predicted molar refractivity (Wildman–Crippen MR) is 72.1 cm³/mol. The SMILES string of the molecule is Cc1cccc(NS(=O)c2ccc(N)cc2)c1. The molecule has 1 atom stereocenters. The molecule has 4 heteroatoms. The monoisotopic (exact) mass is 246 g/mol. The van der Waals surface area contributed by atoms with Crippen molar-refractivity contribution in [2.24, 2.45) is 0 Å². The number of nitrogens with one attached hydrogen (secondary N) is 1. The molecule has 2 rings (SSSR count). The van der Waals surface area contributed by atoms with E-state index >= 15 is 0 Å². The number of anilines is 2. The minimum absolute atomic E-state index is 0.668. The van der Waals surface area contributed by atoms with E-state index in [9.17, 15) is 4.21 Å². The van der Waals surface area contributed by atoms with Gasteiger partial charge in [-0.2, -0.15) is 0 Å². The Labute approximate surface area is 103 Å². The normalized spacial score (nSPS) is 12.1. The number of nitrogen functional groups attached to an aromatic ring is 1. The fraction of sp³-hybridized carbons (Fsp3) is 0.0769. The maximum absolute atomic E-state index is 12.0. The van der Waals surface area contributed by atoms with Crippen molar-refractivity contribution >= 4 is 22.4 Å². The summed E-state index contributed by atoms with van der Waals surface area (Å²) in [7, 11) is -1.26. The highest BCUT2D eigenvalue weighted by Gasteiger charge is 2.03. The summed E-state index contributed by atoms with van der Waals surface area (Å²) in [6, 6.07) is 14.8. The molecular weight excluding hydrogens is 232 g/mol. The molecule has 1 unspecified atom stereocenters. The van der Waals surface area contributed by atoms with Crippen LogP contribution in [0.15, 0.2) is 53.4 Å². The molecule has 0 saturated heterocycles. The lowest BCUT2D eigenvalue weighted by Gasteiger charge is -2.06. The molecule has 0 amide bonds. The zero-order valence-corrected chi connectivity index (χ0v) is 10.3. The average molecular weight is 246 g/mol. The number of hydrogen-bond acceptors (Lipinski definition) is 2. The second-order valence-electron chi connectivity index (χ2n) is 3.81. The lowest BCUT2D eigenvalue weighted by Crippen LogP contribution is -2.04. The van der Waals surface area contributed by atoms with E-state index in [4.69, 9.17) is 5.73 Å². The Bertz CT molecular complexity index is 537. The fourth-order valence-corrected chi connectivity index (χ4v) is 2.31. The molecule has 0 aromatic heterocycles. The molecule has 0 fully saturated rings. The molecule has 0 spiro atoms. The Hall–Kier alpha value is -1.81. The van der Waals surface area contributed by atoms with Gasteiger partial charge in [0, 0.05) is 11.4 Å². The maximum atomic E-state index is 12.0. The molecule has 0 bridgehead atoms. The first-order valence-electron chi connectivity index (χ1n) is 5.26. The van der Waals surface area contributed by atoms with Crippen LogP contribution in [0, 0.1) is 6.92 Å². The Kier molecular flexibility index (Phi) is 3.44. The van der Waals surface area contributed by atoms with Gasteiger partial charge >= 0.3 is 0 Å². The highest BCUT2D eigenvalue weighted by molar-refractivity contribution is 7.86. The highest BCUT2D eigenvalue weighted by Crippen LogP contribution is 2.15. The Morgan fingerprint density at radius 3 is 2.47 bits per heavy atom. The third kappa shape index (κ3) is 3.07. The summed E-state index contributed by atoms with van der Waals surface area (Å²) in [5.41, 5.74) is 8.22. The standard InChI is InChI=1S/C13H14N2OS/c1-10-3-2-4-12(9-10)15-17(16)13-7-5-11(14)6-8-13/h2-9,15H,14H2,1H3. The Morgan fingerprint density at radius 1 is 1.12 bits per heavy atom. The second kappa shape index (κ2) is 5.01. The van der Waals surface area contributed by atoms with E-state index in [2.05, 4.69) is 4.72 Å². The zero-order valence-electron chi connectivity index (χ0n) is 9.51. The fourth-order valence-electron chi connectivity index (χ4n) is 1.47. The van der Waals surface area contributed by atoms with Crippen LogP contribution in [0.3, 0.4) is 0 Å². The van der Waals surface area contributed by atoms with Gasteiger partial charge in [-0.15, -0.1) is 0 Å². The topological polar surface area (TPSA) is 55.1 Å². The van der Waals surface area contributed by atoms with Crippen molar-refractivity contribution in [3.63, 3.8) is 0 Å². The largest absolute Gasteiger partial charge is 0.399 e. The molecule has 0 aliphatic heterocycles. The van der Waals surface area contributed by atoms with Gasteiger partial charge < -0.3 is 10.5 Å². The summed E-state index contributed by atoms with van der Waals surface area (Å²) >= 11 is 0. The highest BCUT2D eigenvalue weighted by atomic mass is 32.2. The van der Waals surface area contributed by atoms with Gasteiger partial charge in [0.25, 0.3) is 0 Å². The molecule has 2 aromatic carbocycles. The number of nitrogens with two attached hydrogens (primary N) is 1. The van der Waals surface area contributed by atoms with E-state index in [1.54, 1.807) is 24.3 Å². The van der Waals surface area contributed by atoms with Gasteiger partial charge in [0.2, 0.25) is 0 Å². The molecule has 2 aromatic rings. The van der Waals surface area contributed by atoms with Gasteiger partial charge in [-0.3, -0.25) is 0 Å². The van der Waals surface area contributed by atoms with Crippen LogP contribution in [-0.4, -0.2) is 4.21 Å². The van der Waals surface area contributed by atoms with Crippen LogP contribution in [0.4, 0.5) is 11.4 Å². The molecule has 3 nitrogen and oxygen atoms in total. The first kappa shape index (κ1) is 11.7. The van der Waals surface area contributed by atoms with Crippen molar-refractivity contribution in [1.29, 1.82) is 0 Å². The van der Waals surface area contributed by atoms with Crippen LogP contribution < -0.4 is 10.5 Å². The number of rotatable bonds is 3. The van der Waals surface area contributed by atoms with Gasteiger partial charge in [0.15, 0.2) is 0 Å². The third-order valence-electron chi connectivity index (χ3n) is 2.32. The number of aryl methyl sites for hydroxylation is 1. The lowest BCUT2D eigenvalue weighted by molar-refractivity contribution is 0.686. The Morgan fingerprint density at radius 2 is 1.82 bits per heavy atom. The zero-order chi connectivity index (χ0) is 12.3. The van der Waals surface area contributed by atoms with E-state index in [-0.39, 0.29) is 0 Å². The smallest absolute Gasteiger partial charge is 0.150 e. The van der Waals surface area contributed by atoms with E-state index in [0.29, 0.717) is 10.6 Å². The van der Waals surface area contributed by atoms with E-state index in [1.807, 2.05) is 31.2 Å². The first-order valence-corrected chi connectivity index (χ1v) is 6.41. The summed E-state index contributed by atoms with van der Waals surface area (Å²) < 4.78 is 14.9. The number of benzene rings is 2. The first-order chi connectivity index (χ1) is 8.15. The van der Waals surface area contributed by atoms with Gasteiger partial charge in [-0.25, -0.2) is 4.21 Å². The third-order valence-corrected chi connectivity index (χ3v) is 3.44. The average Bonchev–Trinajstić information content (AvgIpc) is 2.29. The molecule has 3 N–H and O–H groups in total. The number of hydrogen-bond donors (Lipinski definition) is 2.